The Morgan fingerprint density at radius 2 is 2.27 bits per heavy atom. The van der Waals surface area contributed by atoms with Crippen molar-refractivity contribution in [1.82, 2.24) is 9.78 Å². The van der Waals surface area contributed by atoms with Crippen LogP contribution in [0.3, 0.4) is 0 Å². The quantitative estimate of drug-likeness (QED) is 0.727. The van der Waals surface area contributed by atoms with Crippen LogP contribution >= 0.6 is 0 Å². The van der Waals surface area contributed by atoms with Gasteiger partial charge in [0.15, 0.2) is 0 Å². The number of aryl methyl sites for hydroxylation is 1. The van der Waals surface area contributed by atoms with Gasteiger partial charge in [0.2, 0.25) is 5.79 Å². The average molecular weight is 210 g/mol. The molecule has 0 aromatic carbocycles. The highest BCUT2D eigenvalue weighted by Crippen LogP contribution is 2.39. The highest BCUT2D eigenvalue weighted by molar-refractivity contribution is 5.17. The summed E-state index contributed by atoms with van der Waals surface area (Å²) in [5.74, 6) is -0.585. The monoisotopic (exact) mass is 210 g/mol. The van der Waals surface area contributed by atoms with E-state index < -0.39 is 5.79 Å². The van der Waals surface area contributed by atoms with Crippen molar-refractivity contribution in [2.75, 3.05) is 13.2 Å². The molecule has 0 bridgehead atoms. The van der Waals surface area contributed by atoms with Crippen LogP contribution in [0.4, 0.5) is 0 Å². The average Bonchev–Trinajstić information content (AvgIpc) is 2.86. The van der Waals surface area contributed by atoms with E-state index in [0.717, 1.165) is 25.1 Å². The van der Waals surface area contributed by atoms with E-state index in [9.17, 15) is 0 Å². The maximum Gasteiger partial charge on any atom is 0.212 e. The zero-order valence-corrected chi connectivity index (χ0v) is 8.48. The molecule has 3 rings (SSSR count). The Labute approximate surface area is 87.6 Å². The number of aromatic nitrogens is 2. The van der Waals surface area contributed by atoms with Gasteiger partial charge in [0.1, 0.15) is 0 Å². The van der Waals surface area contributed by atoms with Gasteiger partial charge in [-0.05, 0) is 12.5 Å². The zero-order chi connectivity index (χ0) is 10.3. The second-order valence-corrected chi connectivity index (χ2v) is 3.96. The number of nitrogens with zero attached hydrogens (tertiary/aromatic N) is 2. The number of hydrogen-bond acceptors (Lipinski definition) is 4. The number of hydrogen-bond donors (Lipinski definition) is 1. The molecule has 1 aromatic rings. The smallest absolute Gasteiger partial charge is 0.212 e. The first kappa shape index (κ1) is 9.33. The van der Waals surface area contributed by atoms with Gasteiger partial charge in [0.25, 0.3) is 0 Å². The van der Waals surface area contributed by atoms with E-state index in [1.54, 1.807) is 0 Å². The molecule has 0 atom stereocenters. The minimum Gasteiger partial charge on any atom is -0.390 e. The third-order valence-electron chi connectivity index (χ3n) is 3.01. The first-order chi connectivity index (χ1) is 7.34. The van der Waals surface area contributed by atoms with E-state index in [1.807, 2.05) is 10.7 Å². The van der Waals surface area contributed by atoms with E-state index in [1.165, 1.54) is 0 Å². The fourth-order valence-corrected chi connectivity index (χ4v) is 2.36. The standard InChI is InChI=1S/C10H14N2O3/c13-7-8-6-9-10(14-4-5-15-10)2-1-3-12(9)11-8/h6,13H,1-5,7H2. The highest BCUT2D eigenvalue weighted by Gasteiger charge is 2.43. The largest absolute Gasteiger partial charge is 0.390 e. The number of aliphatic hydroxyl groups is 1. The molecule has 1 fully saturated rings. The Bertz CT molecular complexity index is 369. The normalized spacial score (nSPS) is 23.3. The molecule has 1 N–H and O–H groups in total. The second kappa shape index (κ2) is 3.30. The van der Waals surface area contributed by atoms with Gasteiger partial charge in [0.05, 0.1) is 31.2 Å². The van der Waals surface area contributed by atoms with Crippen molar-refractivity contribution in [3.63, 3.8) is 0 Å². The molecule has 2 aliphatic heterocycles. The summed E-state index contributed by atoms with van der Waals surface area (Å²) in [7, 11) is 0. The first-order valence-electron chi connectivity index (χ1n) is 5.30. The van der Waals surface area contributed by atoms with Crippen molar-refractivity contribution in [2.45, 2.75) is 31.8 Å². The van der Waals surface area contributed by atoms with Gasteiger partial charge in [-0.2, -0.15) is 5.10 Å². The maximum absolute atomic E-state index is 9.06. The summed E-state index contributed by atoms with van der Waals surface area (Å²) >= 11 is 0. The van der Waals surface area contributed by atoms with Gasteiger partial charge in [-0.15, -0.1) is 0 Å². The van der Waals surface area contributed by atoms with E-state index in [2.05, 4.69) is 5.10 Å². The minimum absolute atomic E-state index is 0.0317. The summed E-state index contributed by atoms with van der Waals surface area (Å²) in [4.78, 5) is 0. The second-order valence-electron chi connectivity index (χ2n) is 3.96. The topological polar surface area (TPSA) is 56.5 Å². The van der Waals surface area contributed by atoms with Crippen LogP contribution in [0.15, 0.2) is 6.07 Å². The zero-order valence-electron chi connectivity index (χ0n) is 8.48. The van der Waals surface area contributed by atoms with Crippen LogP contribution in [0.25, 0.3) is 0 Å². The first-order valence-corrected chi connectivity index (χ1v) is 5.30. The van der Waals surface area contributed by atoms with Gasteiger partial charge in [-0.3, -0.25) is 4.68 Å². The predicted octanol–water partition coefficient (Wildman–Crippen LogP) is 0.369. The molecular weight excluding hydrogens is 196 g/mol. The molecule has 1 aromatic heterocycles. The fraction of sp³-hybridized carbons (Fsp3) is 0.700. The fourth-order valence-electron chi connectivity index (χ4n) is 2.36. The van der Waals surface area contributed by atoms with Crippen LogP contribution in [-0.2, 0) is 28.4 Å². The molecule has 82 valence electrons. The summed E-state index contributed by atoms with van der Waals surface area (Å²) in [6.45, 7) is 2.12. The number of aliphatic hydroxyl groups excluding tert-OH is 1. The van der Waals surface area contributed by atoms with Crippen molar-refractivity contribution in [3.8, 4) is 0 Å². The van der Waals surface area contributed by atoms with E-state index >= 15 is 0 Å². The SMILES string of the molecule is OCc1cc2n(n1)CCCC21OCCO1. The summed E-state index contributed by atoms with van der Waals surface area (Å²) in [5, 5.41) is 13.4. The van der Waals surface area contributed by atoms with Crippen molar-refractivity contribution in [2.24, 2.45) is 0 Å². The van der Waals surface area contributed by atoms with E-state index in [-0.39, 0.29) is 6.61 Å². The lowest BCUT2D eigenvalue weighted by molar-refractivity contribution is -0.183. The molecule has 5 heteroatoms. The lowest BCUT2D eigenvalue weighted by Crippen LogP contribution is -2.34. The van der Waals surface area contributed by atoms with Crippen LogP contribution in [0, 0.1) is 0 Å². The lowest BCUT2D eigenvalue weighted by Gasteiger charge is -2.31. The number of fused-ring (bicyclic) bond motifs is 2. The van der Waals surface area contributed by atoms with Gasteiger partial charge in [-0.1, -0.05) is 0 Å². The van der Waals surface area contributed by atoms with Gasteiger partial charge in [-0.25, -0.2) is 0 Å². The number of ether oxygens (including phenoxy) is 2. The Kier molecular flexibility index (Phi) is 2.05. The Morgan fingerprint density at radius 3 is 3.00 bits per heavy atom. The van der Waals surface area contributed by atoms with Crippen LogP contribution in [-0.4, -0.2) is 28.1 Å². The lowest BCUT2D eigenvalue weighted by atomic mass is 10.0. The highest BCUT2D eigenvalue weighted by atomic mass is 16.7. The molecule has 2 aliphatic rings. The Hall–Kier alpha value is -0.910. The van der Waals surface area contributed by atoms with Crippen LogP contribution in [0.1, 0.15) is 24.2 Å². The van der Waals surface area contributed by atoms with Gasteiger partial charge < -0.3 is 14.6 Å². The molecule has 0 aliphatic carbocycles. The third kappa shape index (κ3) is 1.31. The molecular formula is C10H14N2O3. The van der Waals surface area contributed by atoms with Crippen LogP contribution in [0.2, 0.25) is 0 Å². The molecule has 1 saturated heterocycles. The maximum atomic E-state index is 9.06. The molecule has 5 nitrogen and oxygen atoms in total. The van der Waals surface area contributed by atoms with Crippen molar-refractivity contribution in [1.29, 1.82) is 0 Å². The molecule has 3 heterocycles. The van der Waals surface area contributed by atoms with E-state index in [0.29, 0.717) is 18.9 Å². The van der Waals surface area contributed by atoms with Gasteiger partial charge in [0, 0.05) is 13.0 Å². The van der Waals surface area contributed by atoms with Crippen molar-refractivity contribution < 1.29 is 14.6 Å². The van der Waals surface area contributed by atoms with Gasteiger partial charge >= 0.3 is 0 Å². The minimum atomic E-state index is -0.585. The molecule has 0 unspecified atom stereocenters. The Morgan fingerprint density at radius 1 is 1.47 bits per heavy atom. The summed E-state index contributed by atoms with van der Waals surface area (Å²) in [5.41, 5.74) is 1.64. The third-order valence-corrected chi connectivity index (χ3v) is 3.01. The molecule has 0 amide bonds. The van der Waals surface area contributed by atoms with Crippen LogP contribution in [0.5, 0.6) is 0 Å². The summed E-state index contributed by atoms with van der Waals surface area (Å²) < 4.78 is 13.3. The Balaban J connectivity index is 2.05. The summed E-state index contributed by atoms with van der Waals surface area (Å²) in [6.07, 6.45) is 1.88. The molecule has 0 saturated carbocycles. The van der Waals surface area contributed by atoms with E-state index in [4.69, 9.17) is 14.6 Å². The number of rotatable bonds is 1. The molecule has 0 radical (unpaired) electrons. The summed E-state index contributed by atoms with van der Waals surface area (Å²) in [6, 6.07) is 1.88. The molecule has 1 spiro atoms. The van der Waals surface area contributed by atoms with Crippen molar-refractivity contribution >= 4 is 0 Å². The predicted molar refractivity (Wildman–Crippen MR) is 51.0 cm³/mol. The molecule has 15 heavy (non-hydrogen) atoms. The van der Waals surface area contributed by atoms with Crippen molar-refractivity contribution in [3.05, 3.63) is 17.5 Å². The van der Waals surface area contributed by atoms with Crippen LogP contribution < -0.4 is 0 Å².